The molecule has 1 aromatic carbocycles. The summed E-state index contributed by atoms with van der Waals surface area (Å²) in [5.41, 5.74) is 1.05. The summed E-state index contributed by atoms with van der Waals surface area (Å²) in [7, 11) is 1.62. The van der Waals surface area contributed by atoms with Gasteiger partial charge in [0.2, 0.25) is 0 Å². The van der Waals surface area contributed by atoms with E-state index < -0.39 is 0 Å². The molecule has 0 saturated carbocycles. The van der Waals surface area contributed by atoms with Crippen LogP contribution in [0.5, 0.6) is 5.75 Å². The second-order valence-electron chi connectivity index (χ2n) is 3.36. The molecule has 0 amide bonds. The molecular formula is C12H14Br2O3. The minimum Gasteiger partial charge on any atom is -0.496 e. The molecule has 0 bridgehead atoms. The van der Waals surface area contributed by atoms with Gasteiger partial charge in [-0.1, -0.05) is 6.07 Å². The van der Waals surface area contributed by atoms with Crippen LogP contribution in [0.3, 0.4) is 0 Å². The minimum absolute atomic E-state index is 0.175. The van der Waals surface area contributed by atoms with E-state index in [2.05, 4.69) is 31.9 Å². The Morgan fingerprint density at radius 1 is 1.29 bits per heavy atom. The lowest BCUT2D eigenvalue weighted by atomic mass is 10.1. The van der Waals surface area contributed by atoms with Crippen LogP contribution in [0.15, 0.2) is 21.1 Å². The number of hydrogen-bond donors (Lipinski definition) is 0. The molecule has 1 rings (SSSR count). The highest BCUT2D eigenvalue weighted by Gasteiger charge is 2.11. The van der Waals surface area contributed by atoms with Crippen molar-refractivity contribution in [3.8, 4) is 5.75 Å². The number of ether oxygens (including phenoxy) is 2. The lowest BCUT2D eigenvalue weighted by Crippen LogP contribution is -2.05. The van der Waals surface area contributed by atoms with Gasteiger partial charge in [-0.15, -0.1) is 0 Å². The fourth-order valence-corrected chi connectivity index (χ4v) is 2.47. The summed E-state index contributed by atoms with van der Waals surface area (Å²) in [5.74, 6) is 0.586. The van der Waals surface area contributed by atoms with Crippen LogP contribution in [0.2, 0.25) is 0 Å². The molecule has 1 aromatic rings. The van der Waals surface area contributed by atoms with Crippen molar-refractivity contribution in [1.29, 1.82) is 0 Å². The maximum atomic E-state index is 11.3. The molecule has 0 saturated heterocycles. The lowest BCUT2D eigenvalue weighted by molar-refractivity contribution is -0.143. The predicted molar refractivity (Wildman–Crippen MR) is 73.3 cm³/mol. The van der Waals surface area contributed by atoms with Gasteiger partial charge in [0.15, 0.2) is 0 Å². The van der Waals surface area contributed by atoms with Crippen molar-refractivity contribution in [1.82, 2.24) is 0 Å². The summed E-state index contributed by atoms with van der Waals surface area (Å²) >= 11 is 6.92. The number of benzene rings is 1. The number of esters is 1. The van der Waals surface area contributed by atoms with E-state index in [1.165, 1.54) is 0 Å². The molecular weight excluding hydrogens is 352 g/mol. The van der Waals surface area contributed by atoms with Gasteiger partial charge in [0.25, 0.3) is 0 Å². The second-order valence-corrected chi connectivity index (χ2v) is 4.95. The maximum Gasteiger partial charge on any atom is 0.306 e. The third-order valence-electron chi connectivity index (χ3n) is 2.25. The lowest BCUT2D eigenvalue weighted by Gasteiger charge is -2.09. The zero-order chi connectivity index (χ0) is 12.8. The van der Waals surface area contributed by atoms with Crippen molar-refractivity contribution in [3.63, 3.8) is 0 Å². The summed E-state index contributed by atoms with van der Waals surface area (Å²) in [6, 6.07) is 3.81. The van der Waals surface area contributed by atoms with Gasteiger partial charge in [-0.05, 0) is 56.8 Å². The quantitative estimate of drug-likeness (QED) is 0.746. The third kappa shape index (κ3) is 4.00. The molecule has 94 valence electrons. The number of hydrogen-bond acceptors (Lipinski definition) is 3. The topological polar surface area (TPSA) is 35.5 Å². The summed E-state index contributed by atoms with van der Waals surface area (Å²) in [6.07, 6.45) is 1.02. The first-order chi connectivity index (χ1) is 8.10. The van der Waals surface area contributed by atoms with Gasteiger partial charge in [0, 0.05) is 10.9 Å². The Morgan fingerprint density at radius 2 is 2.00 bits per heavy atom. The van der Waals surface area contributed by atoms with E-state index in [0.717, 1.165) is 20.3 Å². The Kier molecular flexibility index (Phi) is 5.98. The Morgan fingerprint density at radius 3 is 2.59 bits per heavy atom. The van der Waals surface area contributed by atoms with Crippen LogP contribution in [0.1, 0.15) is 18.9 Å². The Balaban J connectivity index is 2.73. The third-order valence-corrected chi connectivity index (χ3v) is 4.48. The van der Waals surface area contributed by atoms with E-state index in [0.29, 0.717) is 19.4 Å². The Labute approximate surface area is 118 Å². The van der Waals surface area contributed by atoms with Crippen LogP contribution in [-0.4, -0.2) is 19.7 Å². The molecule has 0 aliphatic heterocycles. The van der Waals surface area contributed by atoms with Crippen LogP contribution < -0.4 is 4.74 Å². The number of carbonyl (C=O) groups excluding carboxylic acids is 1. The minimum atomic E-state index is -0.175. The highest BCUT2D eigenvalue weighted by Crippen LogP contribution is 2.35. The molecule has 0 heterocycles. The average molecular weight is 366 g/mol. The predicted octanol–water partition coefficient (Wildman–Crippen LogP) is 3.72. The fraction of sp³-hybridized carbons (Fsp3) is 0.417. The first-order valence-electron chi connectivity index (χ1n) is 5.26. The Bertz CT molecular complexity index is 405. The molecule has 3 nitrogen and oxygen atoms in total. The second kappa shape index (κ2) is 7.01. The maximum absolute atomic E-state index is 11.3. The molecule has 0 radical (unpaired) electrons. The number of aryl methyl sites for hydroxylation is 1. The monoisotopic (exact) mass is 364 g/mol. The molecule has 0 unspecified atom stereocenters. The Hall–Kier alpha value is -0.550. The van der Waals surface area contributed by atoms with E-state index in [4.69, 9.17) is 9.47 Å². The summed E-state index contributed by atoms with van der Waals surface area (Å²) < 4.78 is 11.8. The van der Waals surface area contributed by atoms with Crippen molar-refractivity contribution in [2.24, 2.45) is 0 Å². The molecule has 0 spiro atoms. The van der Waals surface area contributed by atoms with Crippen molar-refractivity contribution in [3.05, 3.63) is 26.6 Å². The average Bonchev–Trinajstić information content (AvgIpc) is 2.31. The van der Waals surface area contributed by atoms with Crippen LogP contribution in [-0.2, 0) is 16.0 Å². The van der Waals surface area contributed by atoms with Crippen LogP contribution in [0, 0.1) is 0 Å². The summed E-state index contributed by atoms with van der Waals surface area (Å²) in [5, 5.41) is 0. The van der Waals surface area contributed by atoms with E-state index >= 15 is 0 Å². The number of methoxy groups -OCH3 is 1. The molecule has 5 heteroatoms. The first-order valence-corrected chi connectivity index (χ1v) is 6.85. The van der Waals surface area contributed by atoms with E-state index in [9.17, 15) is 4.79 Å². The zero-order valence-electron chi connectivity index (χ0n) is 9.76. The van der Waals surface area contributed by atoms with Gasteiger partial charge >= 0.3 is 5.97 Å². The van der Waals surface area contributed by atoms with E-state index in [1.54, 1.807) is 14.0 Å². The van der Waals surface area contributed by atoms with Gasteiger partial charge in [-0.3, -0.25) is 4.79 Å². The first kappa shape index (κ1) is 14.5. The molecule has 17 heavy (non-hydrogen) atoms. The summed E-state index contributed by atoms with van der Waals surface area (Å²) in [4.78, 5) is 11.3. The van der Waals surface area contributed by atoms with E-state index in [-0.39, 0.29) is 5.97 Å². The summed E-state index contributed by atoms with van der Waals surface area (Å²) in [6.45, 7) is 2.23. The zero-order valence-corrected chi connectivity index (χ0v) is 12.9. The van der Waals surface area contributed by atoms with Gasteiger partial charge in [0.05, 0.1) is 18.2 Å². The molecule has 0 atom stereocenters. The standard InChI is InChI=1S/C12H14Br2O3/c1-3-17-10(15)7-5-8-4-6-9(16-2)12(14)11(8)13/h4,6H,3,5,7H2,1-2H3. The van der Waals surface area contributed by atoms with Crippen molar-refractivity contribution in [2.45, 2.75) is 19.8 Å². The molecule has 0 fully saturated rings. The van der Waals surface area contributed by atoms with Crippen molar-refractivity contribution >= 4 is 37.8 Å². The van der Waals surface area contributed by atoms with Crippen LogP contribution in [0.25, 0.3) is 0 Å². The molecule has 0 aliphatic carbocycles. The van der Waals surface area contributed by atoms with E-state index in [1.807, 2.05) is 12.1 Å². The van der Waals surface area contributed by atoms with Crippen molar-refractivity contribution in [2.75, 3.05) is 13.7 Å². The van der Waals surface area contributed by atoms with Gasteiger partial charge in [-0.2, -0.15) is 0 Å². The van der Waals surface area contributed by atoms with Crippen LogP contribution >= 0.6 is 31.9 Å². The largest absolute Gasteiger partial charge is 0.496 e. The van der Waals surface area contributed by atoms with Gasteiger partial charge < -0.3 is 9.47 Å². The fourth-order valence-electron chi connectivity index (χ4n) is 1.39. The number of halogens is 2. The van der Waals surface area contributed by atoms with Gasteiger partial charge in [-0.25, -0.2) is 0 Å². The number of carbonyl (C=O) groups is 1. The SMILES string of the molecule is CCOC(=O)CCc1ccc(OC)c(Br)c1Br. The van der Waals surface area contributed by atoms with Crippen LogP contribution in [0.4, 0.5) is 0 Å². The highest BCUT2D eigenvalue weighted by molar-refractivity contribution is 9.13. The van der Waals surface area contributed by atoms with Gasteiger partial charge in [0.1, 0.15) is 5.75 Å². The molecule has 0 N–H and O–H groups in total. The van der Waals surface area contributed by atoms with Crippen molar-refractivity contribution < 1.29 is 14.3 Å². The molecule has 0 aliphatic rings. The highest BCUT2D eigenvalue weighted by atomic mass is 79.9. The normalized spacial score (nSPS) is 10.1. The smallest absolute Gasteiger partial charge is 0.306 e. The number of rotatable bonds is 5. The molecule has 0 aromatic heterocycles.